The molecule has 3 aromatic carbocycles. The van der Waals surface area contributed by atoms with Crippen molar-refractivity contribution in [3.05, 3.63) is 127 Å². The summed E-state index contributed by atoms with van der Waals surface area (Å²) < 4.78 is 0. The van der Waals surface area contributed by atoms with E-state index >= 15 is 0 Å². The molecule has 0 aliphatic heterocycles. The van der Waals surface area contributed by atoms with E-state index in [1.807, 2.05) is 48.5 Å². The summed E-state index contributed by atoms with van der Waals surface area (Å²) in [6.07, 6.45) is 1.80. The van der Waals surface area contributed by atoms with Crippen molar-refractivity contribution in [2.45, 2.75) is 19.3 Å². The summed E-state index contributed by atoms with van der Waals surface area (Å²) in [7, 11) is 0. The molecule has 1 N–H and O–H groups in total. The normalized spacial score (nSPS) is 11.4. The third kappa shape index (κ3) is 4.08. The molecule has 0 aliphatic carbocycles. The van der Waals surface area contributed by atoms with E-state index in [0.29, 0.717) is 0 Å². The molecular formula is C31H26N2O. The van der Waals surface area contributed by atoms with Gasteiger partial charge in [0.2, 0.25) is 0 Å². The van der Waals surface area contributed by atoms with Crippen molar-refractivity contribution in [3.8, 4) is 39.5 Å². The van der Waals surface area contributed by atoms with Crippen molar-refractivity contribution in [1.29, 1.82) is 0 Å². The van der Waals surface area contributed by atoms with Crippen LogP contribution in [-0.4, -0.2) is 15.1 Å². The second-order valence-corrected chi connectivity index (χ2v) is 8.90. The number of pyridine rings is 2. The fraction of sp³-hybridized carbons (Fsp3) is 0.0968. The average molecular weight is 443 g/mol. The molecular weight excluding hydrogens is 416 g/mol. The van der Waals surface area contributed by atoms with Crippen molar-refractivity contribution in [3.63, 3.8) is 0 Å². The van der Waals surface area contributed by atoms with Crippen LogP contribution in [0.4, 0.5) is 0 Å². The largest absolute Gasteiger partial charge is 0.507 e. The molecule has 34 heavy (non-hydrogen) atoms. The Kier molecular flexibility index (Phi) is 5.69. The summed E-state index contributed by atoms with van der Waals surface area (Å²) in [5.41, 5.74) is 7.28. The van der Waals surface area contributed by atoms with Gasteiger partial charge in [-0.05, 0) is 47.5 Å². The van der Waals surface area contributed by atoms with E-state index < -0.39 is 0 Å². The van der Waals surface area contributed by atoms with Crippen LogP contribution < -0.4 is 0 Å². The van der Waals surface area contributed by atoms with Crippen molar-refractivity contribution >= 4 is 0 Å². The van der Waals surface area contributed by atoms with Crippen molar-refractivity contribution in [1.82, 2.24) is 9.97 Å². The molecule has 2 aromatic heterocycles. The van der Waals surface area contributed by atoms with Gasteiger partial charge < -0.3 is 5.11 Å². The number of hydrogen-bond acceptors (Lipinski definition) is 3. The molecule has 0 saturated heterocycles. The highest BCUT2D eigenvalue weighted by atomic mass is 16.3. The molecule has 5 rings (SSSR count). The van der Waals surface area contributed by atoms with E-state index in [9.17, 15) is 5.11 Å². The Morgan fingerprint density at radius 2 is 1.35 bits per heavy atom. The topological polar surface area (TPSA) is 46.0 Å². The van der Waals surface area contributed by atoms with Crippen molar-refractivity contribution in [2.75, 3.05) is 0 Å². The van der Waals surface area contributed by atoms with Gasteiger partial charge in [-0.25, -0.2) is 4.98 Å². The average Bonchev–Trinajstić information content (AvgIpc) is 2.90. The molecule has 2 heterocycles. The zero-order valence-corrected chi connectivity index (χ0v) is 19.3. The summed E-state index contributed by atoms with van der Waals surface area (Å²) in [6.45, 7) is 4.40. The van der Waals surface area contributed by atoms with E-state index in [2.05, 4.69) is 73.4 Å². The van der Waals surface area contributed by atoms with E-state index in [1.54, 1.807) is 12.3 Å². The number of phenols is 1. The first-order valence-electron chi connectivity index (χ1n) is 11.4. The van der Waals surface area contributed by atoms with Crippen LogP contribution in [0, 0.1) is 0 Å². The highest BCUT2D eigenvalue weighted by molar-refractivity contribution is 5.76. The Morgan fingerprint density at radius 3 is 2.09 bits per heavy atom. The maximum Gasteiger partial charge on any atom is 0.124 e. The molecule has 0 bridgehead atoms. The van der Waals surface area contributed by atoms with Gasteiger partial charge in [0.1, 0.15) is 5.75 Å². The number of nitrogens with zero attached hydrogens (tertiary/aromatic N) is 2. The maximum absolute atomic E-state index is 10.7. The molecule has 3 nitrogen and oxygen atoms in total. The molecule has 3 heteroatoms. The van der Waals surface area contributed by atoms with Crippen molar-refractivity contribution < 1.29 is 5.11 Å². The number of hydrogen-bond donors (Lipinski definition) is 1. The minimum Gasteiger partial charge on any atom is -0.507 e. The number of aromatic nitrogens is 2. The third-order valence-electron chi connectivity index (χ3n) is 6.34. The quantitative estimate of drug-likeness (QED) is 0.306. The van der Waals surface area contributed by atoms with Crippen LogP contribution in [0.25, 0.3) is 33.8 Å². The van der Waals surface area contributed by atoms with Crippen LogP contribution >= 0.6 is 0 Å². The summed E-state index contributed by atoms with van der Waals surface area (Å²) in [5.74, 6) is 0.222. The molecule has 0 spiro atoms. The lowest BCUT2D eigenvalue weighted by Gasteiger charge is -2.28. The van der Waals surface area contributed by atoms with Gasteiger partial charge in [-0.1, -0.05) is 86.6 Å². The summed E-state index contributed by atoms with van der Waals surface area (Å²) >= 11 is 0. The number of benzene rings is 3. The van der Waals surface area contributed by atoms with E-state index in [4.69, 9.17) is 4.98 Å². The molecule has 5 aromatic rings. The number of para-hydroxylation sites is 1. The van der Waals surface area contributed by atoms with Gasteiger partial charge in [0.15, 0.2) is 0 Å². The molecule has 0 fully saturated rings. The van der Waals surface area contributed by atoms with Crippen LogP contribution in [0.5, 0.6) is 5.75 Å². The Balaban J connectivity index is 1.68. The lowest BCUT2D eigenvalue weighted by molar-refractivity contribution is 0.477. The molecule has 0 saturated carbocycles. The second-order valence-electron chi connectivity index (χ2n) is 8.90. The van der Waals surface area contributed by atoms with Gasteiger partial charge in [-0.3, -0.25) is 4.98 Å². The monoisotopic (exact) mass is 442 g/mol. The van der Waals surface area contributed by atoms with Gasteiger partial charge in [0.25, 0.3) is 0 Å². The molecule has 166 valence electrons. The second kappa shape index (κ2) is 8.95. The third-order valence-corrected chi connectivity index (χ3v) is 6.34. The van der Waals surface area contributed by atoms with Crippen molar-refractivity contribution in [2.24, 2.45) is 0 Å². The van der Waals surface area contributed by atoms with Gasteiger partial charge in [-0.2, -0.15) is 0 Å². The molecule has 0 unspecified atom stereocenters. The van der Waals surface area contributed by atoms with Gasteiger partial charge in [0.05, 0.1) is 17.1 Å². The Labute approximate surface area is 200 Å². The standard InChI is InChI=1S/C31H26N2O/c1-31(2,24-13-4-3-5-14-24)26-18-19-28(33-30(26)25-15-6-7-17-29(25)34)23-12-10-11-22(21-23)27-16-8-9-20-32-27/h3-21,34H,1-2H3. The van der Waals surface area contributed by atoms with Gasteiger partial charge in [0, 0.05) is 28.3 Å². The van der Waals surface area contributed by atoms with Crippen LogP contribution in [0.3, 0.4) is 0 Å². The fourth-order valence-corrected chi connectivity index (χ4v) is 4.39. The van der Waals surface area contributed by atoms with Crippen LogP contribution in [-0.2, 0) is 5.41 Å². The SMILES string of the molecule is CC(C)(c1ccccc1)c1ccc(-c2cccc(-c3ccccn3)c2)nc1-c1ccccc1O. The minimum absolute atomic E-state index is 0.222. The summed E-state index contributed by atoms with van der Waals surface area (Å²) in [4.78, 5) is 9.61. The smallest absolute Gasteiger partial charge is 0.124 e. The van der Waals surface area contributed by atoms with Crippen LogP contribution in [0.15, 0.2) is 115 Å². The maximum atomic E-state index is 10.7. The first kappa shape index (κ1) is 21.6. The van der Waals surface area contributed by atoms with Crippen LogP contribution in [0.2, 0.25) is 0 Å². The van der Waals surface area contributed by atoms with Crippen LogP contribution in [0.1, 0.15) is 25.0 Å². The van der Waals surface area contributed by atoms with Gasteiger partial charge in [-0.15, -0.1) is 0 Å². The first-order chi connectivity index (χ1) is 16.5. The molecule has 0 amide bonds. The fourth-order valence-electron chi connectivity index (χ4n) is 4.39. The number of phenolic OH excluding ortho intramolecular Hbond substituents is 1. The Bertz CT molecular complexity index is 1430. The molecule has 0 atom stereocenters. The summed E-state index contributed by atoms with van der Waals surface area (Å²) in [6, 6.07) is 36.2. The predicted molar refractivity (Wildman–Crippen MR) is 139 cm³/mol. The van der Waals surface area contributed by atoms with E-state index in [0.717, 1.165) is 39.3 Å². The lowest BCUT2D eigenvalue weighted by atomic mass is 9.76. The minimum atomic E-state index is -0.305. The Morgan fingerprint density at radius 1 is 0.647 bits per heavy atom. The Hall–Kier alpha value is -4.24. The van der Waals surface area contributed by atoms with E-state index in [-0.39, 0.29) is 11.2 Å². The first-order valence-corrected chi connectivity index (χ1v) is 11.4. The highest BCUT2D eigenvalue weighted by Gasteiger charge is 2.28. The molecule has 0 aliphatic rings. The van der Waals surface area contributed by atoms with E-state index in [1.165, 1.54) is 5.56 Å². The van der Waals surface area contributed by atoms with Gasteiger partial charge >= 0.3 is 0 Å². The zero-order chi connectivity index (χ0) is 23.5. The number of rotatable bonds is 5. The number of aromatic hydroxyl groups is 1. The predicted octanol–water partition coefficient (Wildman–Crippen LogP) is 7.51. The zero-order valence-electron chi connectivity index (χ0n) is 19.3. The lowest BCUT2D eigenvalue weighted by Crippen LogP contribution is -2.20. The summed E-state index contributed by atoms with van der Waals surface area (Å²) in [5, 5.41) is 10.7. The molecule has 0 radical (unpaired) electrons. The highest BCUT2D eigenvalue weighted by Crippen LogP contribution is 2.40.